The molecule has 0 bridgehead atoms. The van der Waals surface area contributed by atoms with Crippen molar-refractivity contribution in [3.8, 4) is 0 Å². The average molecular weight is 207 g/mol. The van der Waals surface area contributed by atoms with Crippen molar-refractivity contribution >= 4 is 16.8 Å². The fraction of sp³-hybridized carbons (Fsp3) is 0.100. The van der Waals surface area contributed by atoms with Gasteiger partial charge in [0.15, 0.2) is 0 Å². The zero-order valence-corrected chi connectivity index (χ0v) is 8.12. The van der Waals surface area contributed by atoms with E-state index in [0.29, 0.717) is 10.9 Å². The van der Waals surface area contributed by atoms with E-state index in [1.807, 2.05) is 5.43 Å². The van der Waals surface area contributed by atoms with Crippen molar-refractivity contribution in [1.82, 2.24) is 9.99 Å². The Hall–Kier alpha value is -1.88. The number of nitrogens with one attached hydrogen (secondary N) is 1. The molecule has 2 aromatic rings. The minimum atomic E-state index is -0.425. The Morgan fingerprint density at radius 1 is 1.53 bits per heavy atom. The summed E-state index contributed by atoms with van der Waals surface area (Å²) in [4.78, 5) is 11.4. The maximum atomic E-state index is 13.0. The van der Waals surface area contributed by atoms with E-state index in [2.05, 4.69) is 0 Å². The lowest BCUT2D eigenvalue weighted by atomic mass is 10.1. The maximum absolute atomic E-state index is 13.0. The third-order valence-electron chi connectivity index (χ3n) is 2.33. The number of nitrogen functional groups attached to an aromatic ring is 1. The Balaban J connectivity index is 2.75. The molecule has 1 amide bonds. The first kappa shape index (κ1) is 9.67. The average Bonchev–Trinajstić information content (AvgIpc) is 2.54. The van der Waals surface area contributed by atoms with Gasteiger partial charge in [0.05, 0.1) is 5.56 Å². The molecule has 5 heteroatoms. The number of aryl methyl sites for hydroxylation is 1. The molecule has 1 aromatic carbocycles. The molecule has 0 saturated heterocycles. The van der Waals surface area contributed by atoms with Crippen LogP contribution in [0.5, 0.6) is 0 Å². The number of hydrazine groups is 1. The van der Waals surface area contributed by atoms with Crippen LogP contribution in [0.1, 0.15) is 10.4 Å². The number of fused-ring (bicyclic) bond motifs is 1. The van der Waals surface area contributed by atoms with Crippen LogP contribution in [0.4, 0.5) is 4.39 Å². The van der Waals surface area contributed by atoms with Gasteiger partial charge in [0.2, 0.25) is 0 Å². The summed E-state index contributed by atoms with van der Waals surface area (Å²) in [6, 6.07) is 4.30. The highest BCUT2D eigenvalue weighted by Gasteiger charge is 2.13. The van der Waals surface area contributed by atoms with Crippen molar-refractivity contribution in [3.05, 3.63) is 35.8 Å². The predicted octanol–water partition coefficient (Wildman–Crippen LogP) is 0.921. The summed E-state index contributed by atoms with van der Waals surface area (Å²) in [7, 11) is 1.79. The fourth-order valence-electron chi connectivity index (χ4n) is 1.62. The number of aromatic nitrogens is 1. The van der Waals surface area contributed by atoms with Gasteiger partial charge in [-0.15, -0.1) is 0 Å². The molecular weight excluding hydrogens is 197 g/mol. The number of nitrogens with zero attached hydrogens (tertiary/aromatic N) is 1. The molecule has 0 aliphatic heterocycles. The van der Waals surface area contributed by atoms with Crippen molar-refractivity contribution in [2.45, 2.75) is 0 Å². The molecule has 2 rings (SSSR count). The van der Waals surface area contributed by atoms with E-state index in [4.69, 9.17) is 5.84 Å². The van der Waals surface area contributed by atoms with E-state index >= 15 is 0 Å². The molecule has 0 radical (unpaired) electrons. The molecule has 78 valence electrons. The predicted molar refractivity (Wildman–Crippen MR) is 54.5 cm³/mol. The Morgan fingerprint density at radius 3 is 2.93 bits per heavy atom. The van der Waals surface area contributed by atoms with Crippen LogP contribution in [0, 0.1) is 5.82 Å². The summed E-state index contributed by atoms with van der Waals surface area (Å²) in [6.45, 7) is 0. The van der Waals surface area contributed by atoms with E-state index in [1.165, 1.54) is 12.1 Å². The van der Waals surface area contributed by atoms with Crippen LogP contribution in [-0.2, 0) is 7.05 Å². The number of rotatable bonds is 1. The molecule has 0 unspecified atom stereocenters. The molecule has 1 aromatic heterocycles. The van der Waals surface area contributed by atoms with Crippen molar-refractivity contribution in [2.24, 2.45) is 12.9 Å². The van der Waals surface area contributed by atoms with Crippen molar-refractivity contribution < 1.29 is 9.18 Å². The lowest BCUT2D eigenvalue weighted by Gasteiger charge is -1.96. The molecule has 15 heavy (non-hydrogen) atoms. The molecule has 0 atom stereocenters. The minimum Gasteiger partial charge on any atom is -0.350 e. The second-order valence-electron chi connectivity index (χ2n) is 3.29. The zero-order chi connectivity index (χ0) is 11.0. The van der Waals surface area contributed by atoms with Crippen molar-refractivity contribution in [3.63, 3.8) is 0 Å². The van der Waals surface area contributed by atoms with Crippen LogP contribution < -0.4 is 11.3 Å². The highest BCUT2D eigenvalue weighted by Crippen LogP contribution is 2.21. The number of carbonyl (C=O) groups excluding carboxylic acids is 1. The standard InChI is InChI=1S/C10H10FN3O/c1-14-5-8(10(15)13-12)7-4-6(11)2-3-9(7)14/h2-5H,12H2,1H3,(H,13,15). The van der Waals surface area contributed by atoms with Gasteiger partial charge >= 0.3 is 0 Å². The highest BCUT2D eigenvalue weighted by atomic mass is 19.1. The molecule has 0 aliphatic carbocycles. The van der Waals surface area contributed by atoms with E-state index in [1.54, 1.807) is 23.9 Å². The van der Waals surface area contributed by atoms with Gasteiger partial charge in [0.25, 0.3) is 5.91 Å². The lowest BCUT2D eigenvalue weighted by Crippen LogP contribution is -2.29. The highest BCUT2D eigenvalue weighted by molar-refractivity contribution is 6.06. The topological polar surface area (TPSA) is 60.0 Å². The summed E-state index contributed by atoms with van der Waals surface area (Å²) in [5.41, 5.74) is 3.19. The van der Waals surface area contributed by atoms with Crippen LogP contribution in [0.3, 0.4) is 0 Å². The SMILES string of the molecule is Cn1cc(C(=O)NN)c2cc(F)ccc21. The van der Waals surface area contributed by atoms with Gasteiger partial charge in [-0.3, -0.25) is 10.2 Å². The van der Waals surface area contributed by atoms with Crippen molar-refractivity contribution in [1.29, 1.82) is 0 Å². The first-order valence-corrected chi connectivity index (χ1v) is 4.39. The summed E-state index contributed by atoms with van der Waals surface area (Å²) in [5, 5.41) is 0.556. The number of nitrogens with two attached hydrogens (primary N) is 1. The van der Waals surface area contributed by atoms with Gasteiger partial charge in [-0.05, 0) is 18.2 Å². The van der Waals surface area contributed by atoms with Gasteiger partial charge in [-0.2, -0.15) is 0 Å². The van der Waals surface area contributed by atoms with E-state index in [0.717, 1.165) is 5.52 Å². The quantitative estimate of drug-likeness (QED) is 0.415. The number of hydrogen-bond acceptors (Lipinski definition) is 2. The second-order valence-corrected chi connectivity index (χ2v) is 3.29. The first-order valence-electron chi connectivity index (χ1n) is 4.39. The summed E-state index contributed by atoms with van der Waals surface area (Å²) in [6.07, 6.45) is 1.62. The molecule has 0 fully saturated rings. The summed E-state index contributed by atoms with van der Waals surface area (Å²) in [5.74, 6) is 4.24. The number of hydrogen-bond donors (Lipinski definition) is 2. The molecule has 4 nitrogen and oxygen atoms in total. The Kier molecular flexibility index (Phi) is 2.17. The largest absolute Gasteiger partial charge is 0.350 e. The number of benzene rings is 1. The lowest BCUT2D eigenvalue weighted by molar-refractivity contribution is 0.0955. The van der Waals surface area contributed by atoms with Gasteiger partial charge in [-0.1, -0.05) is 0 Å². The third kappa shape index (κ3) is 1.46. The van der Waals surface area contributed by atoms with Gasteiger partial charge in [0.1, 0.15) is 5.82 Å². The zero-order valence-electron chi connectivity index (χ0n) is 8.12. The fourth-order valence-corrected chi connectivity index (χ4v) is 1.62. The van der Waals surface area contributed by atoms with E-state index in [-0.39, 0.29) is 5.82 Å². The normalized spacial score (nSPS) is 10.6. The molecule has 0 saturated carbocycles. The van der Waals surface area contributed by atoms with Crippen LogP contribution in [0.25, 0.3) is 10.9 Å². The molecular formula is C10H10FN3O. The Labute approximate surface area is 85.4 Å². The van der Waals surface area contributed by atoms with Crippen LogP contribution in [0.15, 0.2) is 24.4 Å². The van der Waals surface area contributed by atoms with Gasteiger partial charge in [0, 0.05) is 24.1 Å². The second kappa shape index (κ2) is 3.36. The minimum absolute atomic E-state index is 0.370. The maximum Gasteiger partial charge on any atom is 0.267 e. The number of amides is 1. The Morgan fingerprint density at radius 2 is 2.27 bits per heavy atom. The van der Waals surface area contributed by atoms with Crippen LogP contribution in [0.2, 0.25) is 0 Å². The van der Waals surface area contributed by atoms with Crippen LogP contribution >= 0.6 is 0 Å². The number of carbonyl (C=O) groups is 1. The molecule has 0 spiro atoms. The Bertz CT molecular complexity index is 533. The van der Waals surface area contributed by atoms with E-state index in [9.17, 15) is 9.18 Å². The van der Waals surface area contributed by atoms with Crippen molar-refractivity contribution in [2.75, 3.05) is 0 Å². The number of halogens is 1. The smallest absolute Gasteiger partial charge is 0.267 e. The molecule has 1 heterocycles. The summed E-state index contributed by atoms with van der Waals surface area (Å²) < 4.78 is 14.8. The third-order valence-corrected chi connectivity index (χ3v) is 2.33. The van der Waals surface area contributed by atoms with Gasteiger partial charge in [-0.25, -0.2) is 10.2 Å². The first-order chi connectivity index (χ1) is 7.13. The van der Waals surface area contributed by atoms with Gasteiger partial charge < -0.3 is 4.57 Å². The molecule has 3 N–H and O–H groups in total. The van der Waals surface area contributed by atoms with E-state index < -0.39 is 5.91 Å². The molecule has 0 aliphatic rings. The van der Waals surface area contributed by atoms with Crippen LogP contribution in [-0.4, -0.2) is 10.5 Å². The monoisotopic (exact) mass is 207 g/mol. The summed E-state index contributed by atoms with van der Waals surface area (Å²) >= 11 is 0.